The predicted octanol–water partition coefficient (Wildman–Crippen LogP) is 2.38. The number of anilines is 1. The molecule has 0 radical (unpaired) electrons. The van der Waals surface area contributed by atoms with Gasteiger partial charge in [0, 0.05) is 50.4 Å². The number of aliphatic carboxylic acids is 1. The minimum absolute atomic E-state index is 0.182. The van der Waals surface area contributed by atoms with E-state index < -0.39 is 12.1 Å². The smallest absolute Gasteiger partial charge is 0.475 e. The topological polar surface area (TPSA) is 86.6 Å². The second-order valence-corrected chi connectivity index (χ2v) is 7.41. The van der Waals surface area contributed by atoms with Crippen LogP contribution in [0.25, 0.3) is 0 Å². The van der Waals surface area contributed by atoms with E-state index >= 15 is 0 Å². The molecular weight excluding hydrogens is 397 g/mol. The van der Waals surface area contributed by atoms with Crippen molar-refractivity contribution in [3.63, 3.8) is 0 Å². The largest absolute Gasteiger partial charge is 0.490 e. The Morgan fingerprint density at radius 2 is 1.64 bits per heavy atom. The van der Waals surface area contributed by atoms with Crippen LogP contribution in [0.15, 0.2) is 36.0 Å². The molecule has 2 atom stereocenters. The third kappa shape index (κ3) is 4.58. The lowest BCUT2D eigenvalue weighted by Crippen LogP contribution is -2.33. The normalized spacial score (nSPS) is 21.1. The fraction of sp³-hybridized carbons (Fsp3) is 0.412. The third-order valence-electron chi connectivity index (χ3n) is 4.58. The van der Waals surface area contributed by atoms with Gasteiger partial charge in [0.25, 0.3) is 5.91 Å². The zero-order valence-corrected chi connectivity index (χ0v) is 15.4. The summed E-state index contributed by atoms with van der Waals surface area (Å²) in [6.07, 6.45) is -1.52. The molecule has 2 saturated heterocycles. The lowest BCUT2D eigenvalue weighted by Gasteiger charge is -2.21. The van der Waals surface area contributed by atoms with E-state index in [0.717, 1.165) is 37.0 Å². The highest BCUT2D eigenvalue weighted by molar-refractivity contribution is 7.12. The van der Waals surface area contributed by atoms with Crippen LogP contribution in [-0.4, -0.2) is 64.2 Å². The molecule has 0 saturated carbocycles. The summed E-state index contributed by atoms with van der Waals surface area (Å²) in [5.41, 5.74) is 0. The van der Waals surface area contributed by atoms with Crippen molar-refractivity contribution in [3.05, 3.63) is 40.8 Å². The summed E-state index contributed by atoms with van der Waals surface area (Å²) in [5, 5.41) is 9.08. The Morgan fingerprint density at radius 3 is 2.11 bits per heavy atom. The van der Waals surface area contributed by atoms with Gasteiger partial charge in [-0.1, -0.05) is 6.07 Å². The van der Waals surface area contributed by atoms with Crippen molar-refractivity contribution in [3.8, 4) is 0 Å². The maximum atomic E-state index is 12.4. The second kappa shape index (κ2) is 8.13. The van der Waals surface area contributed by atoms with E-state index in [1.807, 2.05) is 28.5 Å². The summed E-state index contributed by atoms with van der Waals surface area (Å²) in [5.74, 6) is -0.687. The first-order chi connectivity index (χ1) is 13.3. The molecule has 1 N–H and O–H groups in total. The molecule has 4 rings (SSSR count). The van der Waals surface area contributed by atoms with Crippen LogP contribution in [0.5, 0.6) is 0 Å². The summed E-state index contributed by atoms with van der Waals surface area (Å²) < 4.78 is 31.7. The Morgan fingerprint density at radius 1 is 1.07 bits per heavy atom. The van der Waals surface area contributed by atoms with Gasteiger partial charge >= 0.3 is 12.1 Å². The van der Waals surface area contributed by atoms with E-state index in [0.29, 0.717) is 11.8 Å². The van der Waals surface area contributed by atoms with Crippen LogP contribution >= 0.6 is 11.3 Å². The molecule has 28 heavy (non-hydrogen) atoms. The highest BCUT2D eigenvalue weighted by atomic mass is 32.1. The van der Waals surface area contributed by atoms with Crippen molar-refractivity contribution in [2.75, 3.05) is 31.1 Å². The quantitative estimate of drug-likeness (QED) is 0.812. The summed E-state index contributed by atoms with van der Waals surface area (Å²) >= 11 is 1.52. The van der Waals surface area contributed by atoms with Gasteiger partial charge in [-0.3, -0.25) is 4.79 Å². The van der Waals surface area contributed by atoms with Crippen LogP contribution in [0.3, 0.4) is 0 Å². The molecule has 2 aromatic heterocycles. The monoisotopic (exact) mass is 414 g/mol. The first-order valence-electron chi connectivity index (χ1n) is 8.40. The molecule has 2 aliphatic rings. The second-order valence-electron chi connectivity index (χ2n) is 6.46. The molecular formula is C17H17F3N4O3S. The number of aromatic nitrogens is 2. The summed E-state index contributed by atoms with van der Waals surface area (Å²) in [7, 11) is 0. The Labute approximate surface area is 162 Å². The van der Waals surface area contributed by atoms with Gasteiger partial charge in [-0.2, -0.15) is 13.2 Å². The van der Waals surface area contributed by atoms with Crippen molar-refractivity contribution < 1.29 is 27.9 Å². The number of carboxylic acid groups (broad SMARTS) is 1. The lowest BCUT2D eigenvalue weighted by molar-refractivity contribution is -0.192. The number of rotatable bonds is 2. The van der Waals surface area contributed by atoms with Crippen molar-refractivity contribution in [1.29, 1.82) is 0 Å². The minimum Gasteiger partial charge on any atom is -0.475 e. The predicted molar refractivity (Wildman–Crippen MR) is 95.1 cm³/mol. The molecule has 150 valence electrons. The van der Waals surface area contributed by atoms with Gasteiger partial charge in [-0.25, -0.2) is 14.8 Å². The third-order valence-corrected chi connectivity index (χ3v) is 5.44. The number of carbonyl (C=O) groups excluding carboxylic acids is 1. The molecule has 7 nitrogen and oxygen atoms in total. The van der Waals surface area contributed by atoms with E-state index in [1.165, 1.54) is 11.3 Å². The van der Waals surface area contributed by atoms with Gasteiger partial charge in [-0.05, 0) is 17.5 Å². The zero-order valence-electron chi connectivity index (χ0n) is 14.5. The average Bonchev–Trinajstić information content (AvgIpc) is 3.37. The molecule has 2 aliphatic heterocycles. The Hall–Kier alpha value is -2.69. The van der Waals surface area contributed by atoms with Gasteiger partial charge in [0.05, 0.1) is 4.88 Å². The molecule has 1 amide bonds. The van der Waals surface area contributed by atoms with Crippen LogP contribution in [-0.2, 0) is 4.79 Å². The van der Waals surface area contributed by atoms with Crippen LogP contribution < -0.4 is 4.90 Å². The molecule has 4 heterocycles. The van der Waals surface area contributed by atoms with E-state index in [9.17, 15) is 18.0 Å². The molecule has 11 heteroatoms. The van der Waals surface area contributed by atoms with Crippen molar-refractivity contribution >= 4 is 29.2 Å². The summed E-state index contributed by atoms with van der Waals surface area (Å²) in [4.78, 5) is 35.0. The minimum atomic E-state index is -5.08. The molecule has 0 bridgehead atoms. The molecule has 0 aromatic carbocycles. The fourth-order valence-corrected chi connectivity index (χ4v) is 4.02. The SMILES string of the molecule is O=C(O)C(F)(F)F.O=C(c1cccs1)N1C[C@@H]2CN(c3ncccn3)C[C@@H]2C1. The first-order valence-corrected chi connectivity index (χ1v) is 9.28. The number of amides is 1. The molecule has 0 aliphatic carbocycles. The van der Waals surface area contributed by atoms with Gasteiger partial charge in [0.15, 0.2) is 0 Å². The lowest BCUT2D eigenvalue weighted by atomic mass is 10.0. The van der Waals surface area contributed by atoms with E-state index in [4.69, 9.17) is 9.90 Å². The first kappa shape index (κ1) is 20.1. The zero-order chi connectivity index (χ0) is 20.3. The van der Waals surface area contributed by atoms with Crippen LogP contribution in [0.2, 0.25) is 0 Å². The van der Waals surface area contributed by atoms with E-state index in [2.05, 4.69) is 14.9 Å². The van der Waals surface area contributed by atoms with Crippen LogP contribution in [0, 0.1) is 11.8 Å². The van der Waals surface area contributed by atoms with E-state index in [1.54, 1.807) is 12.4 Å². The number of hydrogen-bond donors (Lipinski definition) is 1. The summed E-state index contributed by atoms with van der Waals surface area (Å²) in [6, 6.07) is 5.68. The van der Waals surface area contributed by atoms with E-state index in [-0.39, 0.29) is 5.91 Å². The van der Waals surface area contributed by atoms with Gasteiger partial charge in [-0.15, -0.1) is 11.3 Å². The Bertz CT molecular complexity index is 803. The number of halogens is 3. The fourth-order valence-electron chi connectivity index (χ4n) is 3.33. The Balaban J connectivity index is 0.000000279. The number of thiophene rings is 1. The highest BCUT2D eigenvalue weighted by Crippen LogP contribution is 2.33. The highest BCUT2D eigenvalue weighted by Gasteiger charge is 2.42. The number of hydrogen-bond acceptors (Lipinski definition) is 6. The molecule has 0 unspecified atom stereocenters. The molecule has 0 spiro atoms. The van der Waals surface area contributed by atoms with Crippen molar-refractivity contribution in [1.82, 2.24) is 14.9 Å². The molecule has 2 aromatic rings. The van der Waals surface area contributed by atoms with Crippen molar-refractivity contribution in [2.45, 2.75) is 6.18 Å². The van der Waals surface area contributed by atoms with Gasteiger partial charge in [0.1, 0.15) is 0 Å². The Kier molecular flexibility index (Phi) is 5.82. The maximum absolute atomic E-state index is 12.4. The maximum Gasteiger partial charge on any atom is 0.490 e. The van der Waals surface area contributed by atoms with Crippen LogP contribution in [0.1, 0.15) is 9.67 Å². The summed E-state index contributed by atoms with van der Waals surface area (Å²) in [6.45, 7) is 3.60. The number of carboxylic acids is 1. The van der Waals surface area contributed by atoms with Gasteiger partial charge < -0.3 is 14.9 Å². The van der Waals surface area contributed by atoms with Crippen LogP contribution in [0.4, 0.5) is 19.1 Å². The molecule has 2 fully saturated rings. The number of alkyl halides is 3. The number of likely N-dealkylation sites (tertiary alicyclic amines) is 1. The number of fused-ring (bicyclic) bond motifs is 1. The standard InChI is InChI=1S/C15H16N4OS.C2HF3O2/c20-14(13-3-1-6-21-13)18-7-11-9-19(10-12(11)8-18)15-16-4-2-5-17-15;3-2(4,5)1(6)7/h1-6,11-12H,7-10H2;(H,6,7)/t11-,12+;. The number of nitrogens with zero attached hydrogens (tertiary/aromatic N) is 4. The number of carbonyl (C=O) groups is 2. The van der Waals surface area contributed by atoms with Crippen molar-refractivity contribution in [2.24, 2.45) is 11.8 Å². The average molecular weight is 414 g/mol. The van der Waals surface area contributed by atoms with Gasteiger partial charge in [0.2, 0.25) is 5.95 Å².